The molecule has 0 aromatic heterocycles. The van der Waals surface area contributed by atoms with Gasteiger partial charge in [-0.1, -0.05) is 0 Å². The molecule has 0 fully saturated rings. The molecule has 0 amide bonds. The average molecular weight is 322 g/mol. The van der Waals surface area contributed by atoms with Crippen LogP contribution in [0.4, 0.5) is 25.2 Å². The fraction of sp³-hybridized carbons (Fsp3) is 0. The number of rotatable bonds is 0. The monoisotopic (exact) mass is 322 g/mol. The van der Waals surface area contributed by atoms with Crippen molar-refractivity contribution in [3.8, 4) is 0 Å². The maximum Gasteiger partial charge on any atom is 0.456 e. The molecule has 0 radical (unpaired) electrons. The van der Waals surface area contributed by atoms with E-state index in [0.717, 1.165) is 0 Å². The summed E-state index contributed by atoms with van der Waals surface area (Å²) in [6.07, 6.45) is 0. The second kappa shape index (κ2) is 65.9. The van der Waals surface area contributed by atoms with E-state index in [9.17, 15) is 25.2 Å². The Morgan fingerprint density at radius 3 is 0.533 bits per heavy atom. The smallest absolute Gasteiger partial charge is 0.307 e. The zero-order valence-corrected chi connectivity index (χ0v) is 9.75. The van der Waals surface area contributed by atoms with Crippen LogP contribution in [0, 0.1) is 0 Å². The molecule has 0 unspecified atom stereocenters. The Bertz CT molecular complexity index is 68.4. The zero-order chi connectivity index (χ0) is 13.2. The Morgan fingerprint density at radius 2 is 0.533 bits per heavy atom. The van der Waals surface area contributed by atoms with E-state index in [4.69, 9.17) is 14.4 Å². The Hall–Kier alpha value is -0.0305. The van der Waals surface area contributed by atoms with Crippen molar-refractivity contribution in [1.82, 2.24) is 0 Å². The summed E-state index contributed by atoms with van der Waals surface area (Å²) in [6.45, 7) is 6.00. The van der Waals surface area contributed by atoms with Crippen molar-refractivity contribution in [2.24, 2.45) is 0 Å². The van der Waals surface area contributed by atoms with Gasteiger partial charge in [-0.3, -0.25) is 0 Å². The van der Waals surface area contributed by atoms with Crippen molar-refractivity contribution >= 4 is 38.1 Å². The molecule has 0 heterocycles. The van der Waals surface area contributed by atoms with Crippen molar-refractivity contribution < 1.29 is 56.6 Å². The van der Waals surface area contributed by atoms with Crippen LogP contribution in [0.15, 0.2) is 0 Å². The summed E-state index contributed by atoms with van der Waals surface area (Å²) in [5, 5.41) is 0. The minimum atomic E-state index is -4.12. The largest absolute Gasteiger partial charge is 0.456 e. The molecule has 0 spiro atoms. The van der Waals surface area contributed by atoms with E-state index in [0.29, 0.717) is 0 Å². The molecule has 0 atom stereocenters. The molecule has 0 aliphatic rings. The number of hydrogen-bond acceptors (Lipinski definition) is 3. The van der Waals surface area contributed by atoms with E-state index < -0.39 is 17.7 Å². The molecule has 0 N–H and O–H groups in total. The molecule has 96 valence electrons. The van der Waals surface area contributed by atoms with Gasteiger partial charge in [0.1, 0.15) is 20.4 Å². The molecule has 0 saturated heterocycles. The van der Waals surface area contributed by atoms with Gasteiger partial charge in [-0.2, -0.15) is 25.2 Å². The Balaban J connectivity index is -0.0000000175. The van der Waals surface area contributed by atoms with Crippen LogP contribution in [-0.4, -0.2) is 20.4 Å². The summed E-state index contributed by atoms with van der Waals surface area (Å²) < 4.78 is 58.4. The van der Waals surface area contributed by atoms with Crippen LogP contribution in [0.1, 0.15) is 0 Å². The van der Waals surface area contributed by atoms with Crippen LogP contribution in [0.25, 0.3) is 0 Å². The summed E-state index contributed by atoms with van der Waals surface area (Å²) in [5.74, 6) is 0. The van der Waals surface area contributed by atoms with Gasteiger partial charge in [0.15, 0.2) is 0 Å². The van der Waals surface area contributed by atoms with E-state index in [1.54, 1.807) is 0 Å². The molecular formula is C3H6F6FeO3P2. The molecule has 0 rings (SSSR count). The van der Waals surface area contributed by atoms with Crippen LogP contribution in [0.5, 0.6) is 0 Å². The topological polar surface area (TPSA) is 51.2 Å². The third-order valence-corrected chi connectivity index (χ3v) is 0. The van der Waals surface area contributed by atoms with Crippen LogP contribution in [0.3, 0.4) is 0 Å². The van der Waals surface area contributed by atoms with Gasteiger partial charge in [-0.25, -0.2) is 0 Å². The van der Waals surface area contributed by atoms with E-state index in [1.165, 1.54) is 0 Å². The number of hydrogen-bond donors (Lipinski definition) is 0. The first kappa shape index (κ1) is 36.3. The van der Waals surface area contributed by atoms with E-state index >= 15 is 0 Å². The Morgan fingerprint density at radius 1 is 0.533 bits per heavy atom. The molecule has 0 aromatic carbocycles. The maximum atomic E-state index is 9.73. The minimum Gasteiger partial charge on any atom is -0.307 e. The summed E-state index contributed by atoms with van der Waals surface area (Å²) in [6, 6.07) is 0. The van der Waals surface area contributed by atoms with Gasteiger partial charge < -0.3 is 14.4 Å². The van der Waals surface area contributed by atoms with Gasteiger partial charge >= 0.3 is 17.7 Å². The van der Waals surface area contributed by atoms with Crippen molar-refractivity contribution in [3.63, 3.8) is 0 Å². The number of carbonyl (C=O) groups excluding carboxylic acids is 3. The van der Waals surface area contributed by atoms with E-state index in [1.807, 2.05) is 20.4 Å². The third-order valence-electron chi connectivity index (χ3n) is 0. The average Bonchev–Trinajstić information content (AvgIpc) is 2.12. The molecule has 12 heteroatoms. The third kappa shape index (κ3) is 2150000. The zero-order valence-electron chi connectivity index (χ0n) is 6.86. The second-order valence-electron chi connectivity index (χ2n) is 0.383. The normalized spacial score (nSPS) is 5.60. The molecule has 15 heavy (non-hydrogen) atoms. The summed E-state index contributed by atoms with van der Waals surface area (Å²) in [7, 11) is -8.24. The van der Waals surface area contributed by atoms with Gasteiger partial charge in [-0.05, 0) is 0 Å². The van der Waals surface area contributed by atoms with Crippen LogP contribution < -0.4 is 0 Å². The number of carbonyl (C=O) groups is 3. The summed E-state index contributed by atoms with van der Waals surface area (Å²) in [4.78, 5) is 24.0. The van der Waals surface area contributed by atoms with Crippen LogP contribution in [-0.2, 0) is 31.5 Å². The molecule has 0 bridgehead atoms. The predicted octanol–water partition coefficient (Wildman–Crippen LogP) is 3.69. The molecule has 0 aliphatic carbocycles. The van der Waals surface area contributed by atoms with Crippen molar-refractivity contribution in [1.29, 1.82) is 0 Å². The Labute approximate surface area is 95.3 Å². The van der Waals surface area contributed by atoms with Crippen LogP contribution >= 0.6 is 17.7 Å². The molecule has 3 nitrogen and oxygen atoms in total. The standard InChI is InChI=1S/3CH2O.2F3P.Fe/c3*1-2;2*1-4(2)3;/h3*1H2;;;. The summed E-state index contributed by atoms with van der Waals surface area (Å²) in [5.41, 5.74) is 0. The molecule has 0 aliphatic heterocycles. The fourth-order valence-electron chi connectivity index (χ4n) is 0. The quantitative estimate of drug-likeness (QED) is 0.388. The predicted molar refractivity (Wildman–Crippen MR) is 41.9 cm³/mol. The first-order valence-corrected chi connectivity index (χ1v) is 3.91. The van der Waals surface area contributed by atoms with Gasteiger partial charge in [-0.15, -0.1) is 0 Å². The van der Waals surface area contributed by atoms with Crippen molar-refractivity contribution in [2.45, 2.75) is 0 Å². The fourth-order valence-corrected chi connectivity index (χ4v) is 0. The maximum absolute atomic E-state index is 9.73. The van der Waals surface area contributed by atoms with Gasteiger partial charge in [0.2, 0.25) is 0 Å². The number of halogens is 6. The van der Waals surface area contributed by atoms with Gasteiger partial charge in [0.25, 0.3) is 0 Å². The Kier molecular flexibility index (Phi) is 160. The second-order valence-corrected chi connectivity index (χ2v) is 1.15. The van der Waals surface area contributed by atoms with E-state index in [-0.39, 0.29) is 17.1 Å². The van der Waals surface area contributed by atoms with E-state index in [2.05, 4.69) is 0 Å². The summed E-state index contributed by atoms with van der Waals surface area (Å²) >= 11 is 0. The van der Waals surface area contributed by atoms with Gasteiger partial charge in [0.05, 0.1) is 0 Å². The minimum absolute atomic E-state index is 0. The molecule has 0 aromatic rings. The first-order valence-electron chi connectivity index (χ1n) is 1.88. The molecule has 0 saturated carbocycles. The SMILES string of the molecule is C=O.C=O.C=O.FP(F)F.FP(F)F.[Fe]. The van der Waals surface area contributed by atoms with Crippen LogP contribution in [0.2, 0.25) is 0 Å². The molecular weight excluding hydrogens is 316 g/mol. The van der Waals surface area contributed by atoms with Crippen molar-refractivity contribution in [2.75, 3.05) is 0 Å². The first-order chi connectivity index (χ1) is 6.46. The van der Waals surface area contributed by atoms with Gasteiger partial charge in [0, 0.05) is 17.1 Å². The van der Waals surface area contributed by atoms with Crippen molar-refractivity contribution in [3.05, 3.63) is 0 Å².